The van der Waals surface area contributed by atoms with Crippen LogP contribution in [-0.4, -0.2) is 22.8 Å². The molecule has 4 heteroatoms. The summed E-state index contributed by atoms with van der Waals surface area (Å²) in [6.45, 7) is 1.36. The van der Waals surface area contributed by atoms with Gasteiger partial charge in [0.1, 0.15) is 0 Å². The molecule has 0 aliphatic heterocycles. The molecule has 0 saturated heterocycles. The largest absolute Gasteiger partial charge is 0.312 e. The highest BCUT2D eigenvalue weighted by Gasteiger charge is 1.99. The van der Waals surface area contributed by atoms with Crippen LogP contribution in [0.5, 0.6) is 0 Å². The first-order chi connectivity index (χ1) is 7.24. The Bertz CT molecular complexity index is 384. The maximum atomic E-state index is 10.8. The number of hydrogen-bond acceptors (Lipinski definition) is 3. The van der Waals surface area contributed by atoms with E-state index in [-0.39, 0.29) is 0 Å². The first-order valence-corrected chi connectivity index (χ1v) is 6.45. The van der Waals surface area contributed by atoms with Gasteiger partial charge in [-0.05, 0) is 11.6 Å². The van der Waals surface area contributed by atoms with Crippen LogP contribution in [0.15, 0.2) is 24.3 Å². The smallest absolute Gasteiger partial charge is 0.0995 e. The van der Waals surface area contributed by atoms with Gasteiger partial charge in [0.2, 0.25) is 0 Å². The first kappa shape index (κ1) is 11.9. The van der Waals surface area contributed by atoms with Crippen LogP contribution in [0.3, 0.4) is 0 Å². The van der Waals surface area contributed by atoms with Crippen LogP contribution in [0.1, 0.15) is 11.1 Å². The zero-order valence-corrected chi connectivity index (χ0v) is 9.51. The number of rotatable bonds is 5. The SMILES string of the molecule is CS(=O)CCNCc1ccccc1C#N. The van der Waals surface area contributed by atoms with E-state index in [0.29, 0.717) is 24.4 Å². The van der Waals surface area contributed by atoms with E-state index in [9.17, 15) is 4.21 Å². The summed E-state index contributed by atoms with van der Waals surface area (Å²) in [7, 11) is -0.758. The molecular weight excluding hydrogens is 208 g/mol. The average molecular weight is 222 g/mol. The molecule has 15 heavy (non-hydrogen) atoms. The molecule has 0 bridgehead atoms. The second kappa shape index (κ2) is 6.33. The summed E-state index contributed by atoms with van der Waals surface area (Å²) < 4.78 is 10.8. The summed E-state index contributed by atoms with van der Waals surface area (Å²) in [4.78, 5) is 0. The highest BCUT2D eigenvalue weighted by atomic mass is 32.2. The first-order valence-electron chi connectivity index (χ1n) is 4.73. The minimum atomic E-state index is -0.758. The minimum absolute atomic E-state index is 0.648. The van der Waals surface area contributed by atoms with Gasteiger partial charge in [-0.3, -0.25) is 4.21 Å². The number of nitriles is 1. The van der Waals surface area contributed by atoms with E-state index >= 15 is 0 Å². The highest BCUT2D eigenvalue weighted by molar-refractivity contribution is 7.84. The molecule has 1 aromatic carbocycles. The number of nitrogens with one attached hydrogen (secondary N) is 1. The molecule has 1 aromatic rings. The number of benzene rings is 1. The van der Waals surface area contributed by atoms with Crippen LogP contribution >= 0.6 is 0 Å². The van der Waals surface area contributed by atoms with Gasteiger partial charge in [0.15, 0.2) is 0 Å². The summed E-state index contributed by atoms with van der Waals surface area (Å²) in [5.74, 6) is 0.648. The monoisotopic (exact) mass is 222 g/mol. The molecule has 1 unspecified atom stereocenters. The third-order valence-corrected chi connectivity index (χ3v) is 2.80. The zero-order valence-electron chi connectivity index (χ0n) is 8.69. The van der Waals surface area contributed by atoms with E-state index < -0.39 is 10.8 Å². The van der Waals surface area contributed by atoms with Gasteiger partial charge >= 0.3 is 0 Å². The van der Waals surface area contributed by atoms with Gasteiger partial charge < -0.3 is 5.32 Å². The summed E-state index contributed by atoms with van der Waals surface area (Å²) in [5, 5.41) is 12.0. The van der Waals surface area contributed by atoms with Crippen LogP contribution < -0.4 is 5.32 Å². The van der Waals surface area contributed by atoms with Gasteiger partial charge in [-0.25, -0.2) is 0 Å². The Morgan fingerprint density at radius 1 is 1.47 bits per heavy atom. The third-order valence-electron chi connectivity index (χ3n) is 2.02. The Hall–Kier alpha value is -1.18. The molecule has 1 N–H and O–H groups in total. The average Bonchev–Trinajstić information content (AvgIpc) is 2.24. The van der Waals surface area contributed by atoms with E-state index in [2.05, 4.69) is 11.4 Å². The summed E-state index contributed by atoms with van der Waals surface area (Å²) in [6, 6.07) is 9.63. The highest BCUT2D eigenvalue weighted by Crippen LogP contribution is 2.06. The molecule has 0 radical (unpaired) electrons. The Labute approximate surface area is 92.6 Å². The summed E-state index contributed by atoms with van der Waals surface area (Å²) >= 11 is 0. The van der Waals surface area contributed by atoms with Gasteiger partial charge in [-0.2, -0.15) is 5.26 Å². The number of nitrogens with zero attached hydrogens (tertiary/aromatic N) is 1. The van der Waals surface area contributed by atoms with Gasteiger partial charge in [0.05, 0.1) is 11.6 Å². The second-order valence-electron chi connectivity index (χ2n) is 3.22. The van der Waals surface area contributed by atoms with E-state index in [0.717, 1.165) is 5.56 Å². The Balaban J connectivity index is 2.44. The predicted molar refractivity (Wildman–Crippen MR) is 61.8 cm³/mol. The molecule has 0 aromatic heterocycles. The molecule has 0 aliphatic carbocycles. The van der Waals surface area contributed by atoms with E-state index in [1.807, 2.05) is 18.2 Å². The lowest BCUT2D eigenvalue weighted by Crippen LogP contribution is -2.20. The molecule has 80 valence electrons. The maximum absolute atomic E-state index is 10.8. The zero-order chi connectivity index (χ0) is 11.1. The molecule has 0 spiro atoms. The van der Waals surface area contributed by atoms with Crippen LogP contribution in [0.25, 0.3) is 0 Å². The van der Waals surface area contributed by atoms with Crippen molar-refractivity contribution >= 4 is 10.8 Å². The minimum Gasteiger partial charge on any atom is -0.312 e. The standard InChI is InChI=1S/C11H14N2OS/c1-15(14)7-6-13-9-11-5-3-2-4-10(11)8-12/h2-5,13H,6-7,9H2,1H3. The quantitative estimate of drug-likeness (QED) is 0.757. The molecule has 0 fully saturated rings. The summed E-state index contributed by atoms with van der Waals surface area (Å²) in [6.07, 6.45) is 1.69. The maximum Gasteiger partial charge on any atom is 0.0995 e. The van der Waals surface area contributed by atoms with Crippen molar-refractivity contribution in [3.63, 3.8) is 0 Å². The predicted octanol–water partition coefficient (Wildman–Crippen LogP) is 1.03. The van der Waals surface area contributed by atoms with Crippen molar-refractivity contribution in [3.05, 3.63) is 35.4 Å². The van der Waals surface area contributed by atoms with Crippen molar-refractivity contribution in [1.82, 2.24) is 5.32 Å². The van der Waals surface area contributed by atoms with Crippen molar-refractivity contribution < 1.29 is 4.21 Å². The van der Waals surface area contributed by atoms with Crippen molar-refractivity contribution in [3.8, 4) is 6.07 Å². The lowest BCUT2D eigenvalue weighted by Gasteiger charge is -2.05. The van der Waals surface area contributed by atoms with E-state index in [1.165, 1.54) is 0 Å². The third kappa shape index (κ3) is 4.24. The molecule has 1 rings (SSSR count). The lowest BCUT2D eigenvalue weighted by atomic mass is 10.1. The van der Waals surface area contributed by atoms with E-state index in [1.54, 1.807) is 12.3 Å². The molecule has 0 aliphatic rings. The number of hydrogen-bond donors (Lipinski definition) is 1. The normalized spacial score (nSPS) is 12.0. The molecule has 0 heterocycles. The van der Waals surface area contributed by atoms with Gasteiger partial charge in [0.25, 0.3) is 0 Å². The Kier molecular flexibility index (Phi) is 5.02. The Morgan fingerprint density at radius 3 is 2.87 bits per heavy atom. The van der Waals surface area contributed by atoms with Crippen molar-refractivity contribution in [1.29, 1.82) is 5.26 Å². The van der Waals surface area contributed by atoms with Crippen molar-refractivity contribution in [2.45, 2.75) is 6.54 Å². The molecule has 3 nitrogen and oxygen atoms in total. The molecule has 0 saturated carbocycles. The topological polar surface area (TPSA) is 52.9 Å². The van der Waals surface area contributed by atoms with Gasteiger partial charge in [-0.1, -0.05) is 18.2 Å². The second-order valence-corrected chi connectivity index (χ2v) is 4.78. The lowest BCUT2D eigenvalue weighted by molar-refractivity contribution is 0.676. The fourth-order valence-corrected chi connectivity index (χ4v) is 1.65. The van der Waals surface area contributed by atoms with Crippen molar-refractivity contribution in [2.24, 2.45) is 0 Å². The van der Waals surface area contributed by atoms with Crippen LogP contribution in [0.2, 0.25) is 0 Å². The molecule has 0 amide bonds. The fraction of sp³-hybridized carbons (Fsp3) is 0.364. The Morgan fingerprint density at radius 2 is 2.20 bits per heavy atom. The molecular formula is C11H14N2OS. The van der Waals surface area contributed by atoms with Gasteiger partial charge in [0, 0.05) is 35.9 Å². The van der Waals surface area contributed by atoms with Crippen LogP contribution in [0.4, 0.5) is 0 Å². The summed E-state index contributed by atoms with van der Waals surface area (Å²) in [5.41, 5.74) is 1.68. The van der Waals surface area contributed by atoms with E-state index in [4.69, 9.17) is 5.26 Å². The fourth-order valence-electron chi connectivity index (χ4n) is 1.22. The van der Waals surface area contributed by atoms with Crippen LogP contribution in [0, 0.1) is 11.3 Å². The van der Waals surface area contributed by atoms with Crippen LogP contribution in [-0.2, 0) is 17.3 Å². The van der Waals surface area contributed by atoms with Gasteiger partial charge in [-0.15, -0.1) is 0 Å². The molecule has 1 atom stereocenters. The van der Waals surface area contributed by atoms with Crippen molar-refractivity contribution in [2.75, 3.05) is 18.6 Å².